The molecule has 1 unspecified atom stereocenters. The molecule has 0 saturated carbocycles. The molecule has 1 aliphatic heterocycles. The van der Waals surface area contributed by atoms with Crippen LogP contribution in [0.3, 0.4) is 0 Å². The SMILES string of the molecule is CC(C)c1ccc(NC(=O)C2CC(=O)N(c3ccc(N(C)C)cc3)C2)cc1. The standard InChI is InChI=1S/C22H27N3O2/c1-15(2)16-5-7-18(8-6-16)23-22(27)17-13-21(26)25(14-17)20-11-9-19(10-12-20)24(3)4/h5-12,15,17H,13-14H2,1-4H3,(H,23,27). The second-order valence-electron chi connectivity index (χ2n) is 7.58. The Labute approximate surface area is 161 Å². The summed E-state index contributed by atoms with van der Waals surface area (Å²) in [5.41, 5.74) is 3.91. The number of amides is 2. The highest BCUT2D eigenvalue weighted by Gasteiger charge is 2.35. The molecule has 1 heterocycles. The van der Waals surface area contributed by atoms with Crippen molar-refractivity contribution in [3.05, 3.63) is 54.1 Å². The van der Waals surface area contributed by atoms with Crippen molar-refractivity contribution in [1.29, 1.82) is 0 Å². The van der Waals surface area contributed by atoms with Crippen molar-refractivity contribution in [3.8, 4) is 0 Å². The average molecular weight is 365 g/mol. The van der Waals surface area contributed by atoms with Crippen LogP contribution in [0.5, 0.6) is 0 Å². The van der Waals surface area contributed by atoms with Crippen molar-refractivity contribution >= 4 is 28.9 Å². The number of anilines is 3. The van der Waals surface area contributed by atoms with Crippen molar-refractivity contribution in [3.63, 3.8) is 0 Å². The van der Waals surface area contributed by atoms with Crippen molar-refractivity contribution < 1.29 is 9.59 Å². The zero-order chi connectivity index (χ0) is 19.6. The Bertz CT molecular complexity index is 810. The average Bonchev–Trinajstić information content (AvgIpc) is 3.04. The molecule has 1 aliphatic rings. The van der Waals surface area contributed by atoms with Crippen LogP contribution in [0.25, 0.3) is 0 Å². The van der Waals surface area contributed by atoms with E-state index in [1.54, 1.807) is 4.90 Å². The van der Waals surface area contributed by atoms with E-state index in [4.69, 9.17) is 0 Å². The van der Waals surface area contributed by atoms with Crippen molar-refractivity contribution in [2.75, 3.05) is 35.8 Å². The van der Waals surface area contributed by atoms with E-state index in [0.29, 0.717) is 12.5 Å². The summed E-state index contributed by atoms with van der Waals surface area (Å²) in [4.78, 5) is 28.7. The molecule has 1 atom stereocenters. The molecule has 2 aromatic carbocycles. The van der Waals surface area contributed by atoms with Gasteiger partial charge in [-0.25, -0.2) is 0 Å². The molecule has 142 valence electrons. The lowest BCUT2D eigenvalue weighted by Crippen LogP contribution is -2.28. The minimum absolute atomic E-state index is 0.0112. The van der Waals surface area contributed by atoms with Gasteiger partial charge in [-0.2, -0.15) is 0 Å². The van der Waals surface area contributed by atoms with Gasteiger partial charge in [-0.1, -0.05) is 26.0 Å². The summed E-state index contributed by atoms with van der Waals surface area (Å²) in [6, 6.07) is 15.7. The first-order valence-corrected chi connectivity index (χ1v) is 9.33. The molecule has 2 aromatic rings. The maximum absolute atomic E-state index is 12.6. The van der Waals surface area contributed by atoms with Crippen LogP contribution in [-0.4, -0.2) is 32.5 Å². The van der Waals surface area contributed by atoms with Gasteiger partial charge < -0.3 is 15.1 Å². The Hall–Kier alpha value is -2.82. The zero-order valence-electron chi connectivity index (χ0n) is 16.4. The number of carbonyl (C=O) groups is 2. The second kappa shape index (κ2) is 7.82. The van der Waals surface area contributed by atoms with Crippen LogP contribution in [0.2, 0.25) is 0 Å². The van der Waals surface area contributed by atoms with Gasteiger partial charge in [-0.3, -0.25) is 9.59 Å². The van der Waals surface area contributed by atoms with E-state index >= 15 is 0 Å². The fourth-order valence-corrected chi connectivity index (χ4v) is 3.26. The third kappa shape index (κ3) is 4.30. The molecule has 27 heavy (non-hydrogen) atoms. The highest BCUT2D eigenvalue weighted by Crippen LogP contribution is 2.28. The first kappa shape index (κ1) is 19.0. The van der Waals surface area contributed by atoms with Crippen LogP contribution in [0.4, 0.5) is 17.1 Å². The quantitative estimate of drug-likeness (QED) is 0.875. The minimum Gasteiger partial charge on any atom is -0.378 e. The molecule has 2 amide bonds. The van der Waals surface area contributed by atoms with Gasteiger partial charge in [0.05, 0.1) is 5.92 Å². The first-order chi connectivity index (χ1) is 12.8. The summed E-state index contributed by atoms with van der Waals surface area (Å²) in [5.74, 6) is 0.00131. The van der Waals surface area contributed by atoms with E-state index in [-0.39, 0.29) is 24.2 Å². The summed E-state index contributed by atoms with van der Waals surface area (Å²) in [6.07, 6.45) is 0.241. The van der Waals surface area contributed by atoms with E-state index < -0.39 is 0 Å². The molecule has 1 fully saturated rings. The molecule has 5 nitrogen and oxygen atoms in total. The van der Waals surface area contributed by atoms with E-state index in [2.05, 4.69) is 19.2 Å². The maximum atomic E-state index is 12.6. The number of hydrogen-bond donors (Lipinski definition) is 1. The topological polar surface area (TPSA) is 52.7 Å². The van der Waals surface area contributed by atoms with Gasteiger partial charge in [0.15, 0.2) is 0 Å². The summed E-state index contributed by atoms with van der Waals surface area (Å²) < 4.78 is 0. The predicted molar refractivity (Wildman–Crippen MR) is 110 cm³/mol. The molecule has 0 bridgehead atoms. The van der Waals surface area contributed by atoms with Crippen molar-refractivity contribution in [1.82, 2.24) is 0 Å². The van der Waals surface area contributed by atoms with E-state index in [0.717, 1.165) is 17.1 Å². The molecule has 5 heteroatoms. The zero-order valence-corrected chi connectivity index (χ0v) is 16.4. The lowest BCUT2D eigenvalue weighted by molar-refractivity contribution is -0.122. The fraction of sp³-hybridized carbons (Fsp3) is 0.364. The van der Waals surface area contributed by atoms with Gasteiger partial charge >= 0.3 is 0 Å². The number of carbonyl (C=O) groups excluding carboxylic acids is 2. The van der Waals surface area contributed by atoms with E-state index in [9.17, 15) is 9.59 Å². The highest BCUT2D eigenvalue weighted by molar-refractivity contribution is 6.03. The third-order valence-corrected chi connectivity index (χ3v) is 5.02. The number of rotatable bonds is 5. The largest absolute Gasteiger partial charge is 0.378 e. The maximum Gasteiger partial charge on any atom is 0.229 e. The monoisotopic (exact) mass is 365 g/mol. The van der Waals surface area contributed by atoms with Crippen molar-refractivity contribution in [2.24, 2.45) is 5.92 Å². The Balaban J connectivity index is 1.64. The van der Waals surface area contributed by atoms with E-state index in [1.807, 2.05) is 67.5 Å². The molecule has 3 rings (SSSR count). The van der Waals surface area contributed by atoms with Gasteiger partial charge in [0.2, 0.25) is 11.8 Å². The molecule has 0 aromatic heterocycles. The summed E-state index contributed by atoms with van der Waals surface area (Å²) in [5, 5.41) is 2.94. The molecular weight excluding hydrogens is 338 g/mol. The van der Waals surface area contributed by atoms with Gasteiger partial charge in [-0.15, -0.1) is 0 Å². The molecule has 1 N–H and O–H groups in total. The lowest BCUT2D eigenvalue weighted by atomic mass is 10.0. The predicted octanol–water partition coefficient (Wildman–Crippen LogP) is 3.87. The minimum atomic E-state index is -0.337. The molecule has 1 saturated heterocycles. The van der Waals surface area contributed by atoms with Crippen LogP contribution >= 0.6 is 0 Å². The number of nitrogens with one attached hydrogen (secondary N) is 1. The Morgan fingerprint density at radius 3 is 2.26 bits per heavy atom. The Morgan fingerprint density at radius 2 is 1.70 bits per heavy atom. The summed E-state index contributed by atoms with van der Waals surface area (Å²) in [7, 11) is 3.95. The van der Waals surface area contributed by atoms with Crippen LogP contribution in [0.15, 0.2) is 48.5 Å². The van der Waals surface area contributed by atoms with Crippen LogP contribution in [0.1, 0.15) is 31.7 Å². The summed E-state index contributed by atoms with van der Waals surface area (Å²) >= 11 is 0. The Morgan fingerprint density at radius 1 is 1.07 bits per heavy atom. The first-order valence-electron chi connectivity index (χ1n) is 9.33. The Kier molecular flexibility index (Phi) is 5.49. The van der Waals surface area contributed by atoms with Gasteiger partial charge in [0.25, 0.3) is 0 Å². The van der Waals surface area contributed by atoms with Gasteiger partial charge in [0, 0.05) is 44.1 Å². The smallest absolute Gasteiger partial charge is 0.229 e. The highest BCUT2D eigenvalue weighted by atomic mass is 16.2. The van der Waals surface area contributed by atoms with Crippen LogP contribution in [0, 0.1) is 5.92 Å². The summed E-state index contributed by atoms with van der Waals surface area (Å²) in [6.45, 7) is 4.69. The van der Waals surface area contributed by atoms with Gasteiger partial charge in [0.1, 0.15) is 0 Å². The van der Waals surface area contributed by atoms with Crippen molar-refractivity contribution in [2.45, 2.75) is 26.2 Å². The number of nitrogens with zero attached hydrogens (tertiary/aromatic N) is 2. The van der Waals surface area contributed by atoms with Crippen LogP contribution < -0.4 is 15.1 Å². The lowest BCUT2D eigenvalue weighted by Gasteiger charge is -2.19. The number of hydrogen-bond acceptors (Lipinski definition) is 3. The van der Waals surface area contributed by atoms with Crippen LogP contribution in [-0.2, 0) is 9.59 Å². The molecular formula is C22H27N3O2. The number of benzene rings is 2. The molecule has 0 spiro atoms. The van der Waals surface area contributed by atoms with Gasteiger partial charge in [-0.05, 0) is 47.9 Å². The molecule has 0 radical (unpaired) electrons. The normalized spacial score (nSPS) is 16.7. The third-order valence-electron chi connectivity index (χ3n) is 5.02. The van der Waals surface area contributed by atoms with E-state index in [1.165, 1.54) is 5.56 Å². The fourth-order valence-electron chi connectivity index (χ4n) is 3.26. The second-order valence-corrected chi connectivity index (χ2v) is 7.58. The molecule has 0 aliphatic carbocycles.